The van der Waals surface area contributed by atoms with Crippen LogP contribution in [0, 0.1) is 6.92 Å². The van der Waals surface area contributed by atoms with Gasteiger partial charge in [0.1, 0.15) is 11.0 Å². The molecule has 0 fully saturated rings. The van der Waals surface area contributed by atoms with Gasteiger partial charge in [-0.25, -0.2) is 0 Å². The summed E-state index contributed by atoms with van der Waals surface area (Å²) in [4.78, 5) is 0. The fourth-order valence-corrected chi connectivity index (χ4v) is 0.883. The van der Waals surface area contributed by atoms with Crippen LogP contribution in [0.5, 0.6) is 0 Å². The number of hydrogen-bond donors (Lipinski definition) is 0. The Hall–Kier alpha value is -1.58. The normalized spacial score (nSPS) is 10.3. The van der Waals surface area contributed by atoms with E-state index in [9.17, 15) is 0 Å². The average molecular weight is 146 g/mol. The summed E-state index contributed by atoms with van der Waals surface area (Å²) >= 11 is 0. The lowest BCUT2D eigenvalue weighted by Crippen LogP contribution is -1.90. The molecule has 0 aromatic carbocycles. The van der Waals surface area contributed by atoms with Crippen molar-refractivity contribution in [3.63, 3.8) is 0 Å². The quantitative estimate of drug-likeness (QED) is 0.549. The predicted octanol–water partition coefficient (Wildman–Crippen LogP) is 0.728. The van der Waals surface area contributed by atoms with Crippen LogP contribution < -0.4 is 0 Å². The topological polar surface area (TPSA) is 51.6 Å². The highest BCUT2D eigenvalue weighted by Gasteiger charge is 1.94. The van der Waals surface area contributed by atoms with Crippen LogP contribution in [0.4, 0.5) is 0 Å². The first-order valence-corrected chi connectivity index (χ1v) is 3.28. The van der Waals surface area contributed by atoms with E-state index in [2.05, 4.69) is 20.4 Å². The van der Waals surface area contributed by atoms with Gasteiger partial charge in [0.05, 0.1) is 11.9 Å². The van der Waals surface area contributed by atoms with Gasteiger partial charge in [0, 0.05) is 0 Å². The molecule has 54 valence electrons. The van der Waals surface area contributed by atoms with Crippen LogP contribution >= 0.6 is 0 Å². The molecule has 0 spiro atoms. The van der Waals surface area contributed by atoms with E-state index in [4.69, 9.17) is 0 Å². The molecule has 4 nitrogen and oxygen atoms in total. The zero-order chi connectivity index (χ0) is 7.68. The summed E-state index contributed by atoms with van der Waals surface area (Å²) in [7, 11) is 0. The molecule has 0 aliphatic heterocycles. The van der Waals surface area contributed by atoms with Gasteiger partial charge >= 0.3 is 0 Å². The summed E-state index contributed by atoms with van der Waals surface area (Å²) in [6, 6.07) is 3.64. The number of rotatable bonds is 0. The van der Waals surface area contributed by atoms with Gasteiger partial charge < -0.3 is 0 Å². The van der Waals surface area contributed by atoms with Gasteiger partial charge in [-0.2, -0.15) is 10.2 Å². The van der Waals surface area contributed by atoms with E-state index in [1.165, 1.54) is 0 Å². The van der Waals surface area contributed by atoms with Crippen LogP contribution in [-0.4, -0.2) is 20.4 Å². The van der Waals surface area contributed by atoms with Crippen molar-refractivity contribution in [2.75, 3.05) is 0 Å². The summed E-state index contributed by atoms with van der Waals surface area (Å²) in [5.41, 5.74) is 2.43. The smallest absolute Gasteiger partial charge is 0.115 e. The predicted molar refractivity (Wildman–Crippen MR) is 39.9 cm³/mol. The molecular weight excluding hydrogens is 140 g/mol. The second-order valence-electron chi connectivity index (χ2n) is 2.29. The maximum atomic E-state index is 3.93. The molecule has 0 saturated heterocycles. The molecule has 0 bridgehead atoms. The standard InChI is InChI=1S/C7H6N4/c1-5-4-7-6(11-9-5)2-3-8-10-7/h2-4H,1H3. The largest absolute Gasteiger partial charge is 0.158 e. The highest BCUT2D eigenvalue weighted by Crippen LogP contribution is 2.04. The molecule has 0 amide bonds. The third-order valence-corrected chi connectivity index (χ3v) is 1.39. The minimum atomic E-state index is 0.783. The Labute approximate surface area is 63.3 Å². The fourth-order valence-electron chi connectivity index (χ4n) is 0.883. The summed E-state index contributed by atoms with van der Waals surface area (Å²) in [6.07, 6.45) is 1.60. The van der Waals surface area contributed by atoms with Gasteiger partial charge in [-0.1, -0.05) is 0 Å². The molecule has 11 heavy (non-hydrogen) atoms. The third kappa shape index (κ3) is 1.02. The molecular formula is C7H6N4. The van der Waals surface area contributed by atoms with Crippen molar-refractivity contribution in [1.29, 1.82) is 0 Å². The maximum absolute atomic E-state index is 3.93. The maximum Gasteiger partial charge on any atom is 0.115 e. The Bertz CT molecular complexity index is 385. The zero-order valence-electron chi connectivity index (χ0n) is 6.02. The summed E-state index contributed by atoms with van der Waals surface area (Å²) in [5, 5.41) is 15.4. The lowest BCUT2D eigenvalue weighted by atomic mass is 10.3. The van der Waals surface area contributed by atoms with E-state index in [-0.39, 0.29) is 0 Å². The molecule has 2 heterocycles. The molecule has 2 aromatic heterocycles. The lowest BCUT2D eigenvalue weighted by molar-refractivity contribution is 0.989. The van der Waals surface area contributed by atoms with Gasteiger partial charge in [-0.15, -0.1) is 10.2 Å². The first-order chi connectivity index (χ1) is 5.36. The Balaban J connectivity index is 2.83. The molecule has 2 aromatic rings. The van der Waals surface area contributed by atoms with E-state index in [0.29, 0.717) is 0 Å². The number of aryl methyl sites for hydroxylation is 1. The van der Waals surface area contributed by atoms with Crippen LogP contribution in [0.15, 0.2) is 18.3 Å². The third-order valence-electron chi connectivity index (χ3n) is 1.39. The van der Waals surface area contributed by atoms with Crippen LogP contribution in [0.1, 0.15) is 5.69 Å². The molecule has 4 heteroatoms. The first kappa shape index (κ1) is 6.15. The summed E-state index contributed by atoms with van der Waals surface area (Å²) in [6.45, 7) is 1.88. The van der Waals surface area contributed by atoms with Crippen molar-refractivity contribution in [3.8, 4) is 0 Å². The van der Waals surface area contributed by atoms with Crippen LogP contribution in [0.25, 0.3) is 11.0 Å². The highest BCUT2D eigenvalue weighted by molar-refractivity contribution is 5.72. The molecule has 0 aliphatic rings. The van der Waals surface area contributed by atoms with Crippen molar-refractivity contribution >= 4 is 11.0 Å². The number of hydrogen-bond acceptors (Lipinski definition) is 4. The Morgan fingerprint density at radius 1 is 1.09 bits per heavy atom. The molecule has 0 aliphatic carbocycles. The molecule has 0 radical (unpaired) electrons. The SMILES string of the molecule is Cc1cc2nnccc2nn1. The monoisotopic (exact) mass is 146 g/mol. The lowest BCUT2D eigenvalue weighted by Gasteiger charge is -1.92. The summed E-state index contributed by atoms with van der Waals surface area (Å²) in [5.74, 6) is 0. The Morgan fingerprint density at radius 2 is 2.00 bits per heavy atom. The van der Waals surface area contributed by atoms with Crippen molar-refractivity contribution in [3.05, 3.63) is 24.0 Å². The highest BCUT2D eigenvalue weighted by atomic mass is 15.1. The van der Waals surface area contributed by atoms with Crippen molar-refractivity contribution in [1.82, 2.24) is 20.4 Å². The van der Waals surface area contributed by atoms with Crippen molar-refractivity contribution in [2.45, 2.75) is 6.92 Å². The molecule has 0 saturated carbocycles. The van der Waals surface area contributed by atoms with Gasteiger partial charge in [-0.3, -0.25) is 0 Å². The number of nitrogens with zero attached hydrogens (tertiary/aromatic N) is 4. The summed E-state index contributed by atoms with van der Waals surface area (Å²) < 4.78 is 0. The second kappa shape index (κ2) is 2.23. The number of aromatic nitrogens is 4. The van der Waals surface area contributed by atoms with Crippen LogP contribution in [-0.2, 0) is 0 Å². The fraction of sp³-hybridized carbons (Fsp3) is 0.143. The van der Waals surface area contributed by atoms with E-state index in [0.717, 1.165) is 16.7 Å². The second-order valence-corrected chi connectivity index (χ2v) is 2.29. The van der Waals surface area contributed by atoms with Crippen LogP contribution in [0.3, 0.4) is 0 Å². The molecule has 0 atom stereocenters. The number of fused-ring (bicyclic) bond motifs is 1. The van der Waals surface area contributed by atoms with Crippen LogP contribution in [0.2, 0.25) is 0 Å². The van der Waals surface area contributed by atoms with E-state index in [1.54, 1.807) is 12.3 Å². The van der Waals surface area contributed by atoms with Crippen molar-refractivity contribution in [2.24, 2.45) is 0 Å². The van der Waals surface area contributed by atoms with Gasteiger partial charge in [0.2, 0.25) is 0 Å². The zero-order valence-corrected chi connectivity index (χ0v) is 6.02. The minimum Gasteiger partial charge on any atom is -0.158 e. The van der Waals surface area contributed by atoms with E-state index < -0.39 is 0 Å². The average Bonchev–Trinajstić information content (AvgIpc) is 2.04. The Morgan fingerprint density at radius 3 is 2.91 bits per heavy atom. The van der Waals surface area contributed by atoms with Gasteiger partial charge in [0.15, 0.2) is 0 Å². The van der Waals surface area contributed by atoms with Gasteiger partial charge in [-0.05, 0) is 19.1 Å². The van der Waals surface area contributed by atoms with E-state index in [1.807, 2.05) is 13.0 Å². The molecule has 0 N–H and O–H groups in total. The Kier molecular flexibility index (Phi) is 1.25. The molecule has 2 rings (SSSR count). The molecule has 0 unspecified atom stereocenters. The van der Waals surface area contributed by atoms with Gasteiger partial charge in [0.25, 0.3) is 0 Å². The van der Waals surface area contributed by atoms with E-state index >= 15 is 0 Å². The first-order valence-electron chi connectivity index (χ1n) is 3.28. The minimum absolute atomic E-state index is 0.783. The van der Waals surface area contributed by atoms with Crippen molar-refractivity contribution < 1.29 is 0 Å².